The fourth-order valence-corrected chi connectivity index (χ4v) is 5.64. The third-order valence-electron chi connectivity index (χ3n) is 6.24. The van der Waals surface area contributed by atoms with Gasteiger partial charge in [0.05, 0.1) is 25.0 Å². The zero-order valence-corrected chi connectivity index (χ0v) is 17.6. The molecular weight excluding hydrogens is 394 g/mol. The average Bonchev–Trinajstić information content (AvgIpc) is 2.71. The first-order chi connectivity index (χ1) is 13.9. The SMILES string of the molecule is CS(=O)(=O)N[C@H]1CCCN2C(=O)COc3ccncc3[C@H]3CC[C@H](CC3)OC[C@@H]12. The fourth-order valence-electron chi connectivity index (χ4n) is 4.81. The summed E-state index contributed by atoms with van der Waals surface area (Å²) in [4.78, 5) is 19.0. The van der Waals surface area contributed by atoms with Gasteiger partial charge in [-0.25, -0.2) is 13.1 Å². The van der Waals surface area contributed by atoms with Crippen LogP contribution in [0.2, 0.25) is 0 Å². The summed E-state index contributed by atoms with van der Waals surface area (Å²) >= 11 is 0. The van der Waals surface area contributed by atoms with Gasteiger partial charge in [-0.2, -0.15) is 0 Å². The van der Waals surface area contributed by atoms with Crippen LogP contribution in [0.4, 0.5) is 0 Å². The van der Waals surface area contributed by atoms with Crippen molar-refractivity contribution >= 4 is 15.9 Å². The third kappa shape index (κ3) is 4.90. The molecule has 1 amide bonds. The van der Waals surface area contributed by atoms with E-state index < -0.39 is 10.0 Å². The number of ether oxygens (including phenoxy) is 2. The Labute approximate surface area is 172 Å². The van der Waals surface area contributed by atoms with Crippen molar-refractivity contribution in [3.05, 3.63) is 24.0 Å². The summed E-state index contributed by atoms with van der Waals surface area (Å²) in [5.74, 6) is 0.931. The van der Waals surface area contributed by atoms with Crippen LogP contribution in [0.15, 0.2) is 18.5 Å². The lowest BCUT2D eigenvalue weighted by molar-refractivity contribution is -0.140. The van der Waals surface area contributed by atoms with Gasteiger partial charge in [-0.1, -0.05) is 0 Å². The molecule has 4 heterocycles. The van der Waals surface area contributed by atoms with E-state index in [1.54, 1.807) is 11.1 Å². The Kier molecular flexibility index (Phi) is 6.08. The first-order valence-corrected chi connectivity index (χ1v) is 12.2. The molecule has 160 valence electrons. The minimum absolute atomic E-state index is 0.0741. The van der Waals surface area contributed by atoms with Crippen molar-refractivity contribution in [2.24, 2.45) is 0 Å². The summed E-state index contributed by atoms with van der Waals surface area (Å²) < 4.78 is 38.6. The van der Waals surface area contributed by atoms with Crippen LogP contribution < -0.4 is 9.46 Å². The van der Waals surface area contributed by atoms with Gasteiger partial charge >= 0.3 is 0 Å². The Balaban J connectivity index is 1.61. The van der Waals surface area contributed by atoms with E-state index in [2.05, 4.69) is 9.71 Å². The summed E-state index contributed by atoms with van der Waals surface area (Å²) in [7, 11) is -3.38. The van der Waals surface area contributed by atoms with Crippen LogP contribution in [0.1, 0.15) is 50.0 Å². The van der Waals surface area contributed by atoms with E-state index in [-0.39, 0.29) is 30.7 Å². The summed E-state index contributed by atoms with van der Waals surface area (Å²) in [6.07, 6.45) is 10.1. The smallest absolute Gasteiger partial charge is 0.260 e. The predicted molar refractivity (Wildman–Crippen MR) is 107 cm³/mol. The molecule has 0 unspecified atom stereocenters. The molecule has 0 radical (unpaired) electrons. The van der Waals surface area contributed by atoms with Crippen molar-refractivity contribution in [3.8, 4) is 5.75 Å². The van der Waals surface area contributed by atoms with Gasteiger partial charge in [0.2, 0.25) is 10.0 Å². The minimum atomic E-state index is -3.38. The molecule has 0 aromatic carbocycles. The molecule has 8 nitrogen and oxygen atoms in total. The molecule has 2 atom stereocenters. The van der Waals surface area contributed by atoms with Gasteiger partial charge in [-0.15, -0.1) is 0 Å². The van der Waals surface area contributed by atoms with E-state index in [0.717, 1.165) is 49.7 Å². The van der Waals surface area contributed by atoms with Crippen molar-refractivity contribution in [1.82, 2.24) is 14.6 Å². The number of hydrogen-bond acceptors (Lipinski definition) is 6. The number of nitrogens with zero attached hydrogens (tertiary/aromatic N) is 2. The second-order valence-electron chi connectivity index (χ2n) is 8.30. The van der Waals surface area contributed by atoms with Crippen molar-refractivity contribution in [1.29, 1.82) is 0 Å². The van der Waals surface area contributed by atoms with Gasteiger partial charge in [0, 0.05) is 30.5 Å². The number of hydrogen-bond donors (Lipinski definition) is 1. The van der Waals surface area contributed by atoms with Crippen LogP contribution in [0.5, 0.6) is 5.75 Å². The van der Waals surface area contributed by atoms with Crippen molar-refractivity contribution < 1.29 is 22.7 Å². The molecule has 2 bridgehead atoms. The number of nitrogens with one attached hydrogen (secondary N) is 1. The third-order valence-corrected chi connectivity index (χ3v) is 6.97. The van der Waals surface area contributed by atoms with Gasteiger partial charge in [0.1, 0.15) is 5.75 Å². The highest BCUT2D eigenvalue weighted by molar-refractivity contribution is 7.88. The maximum atomic E-state index is 13.0. The van der Waals surface area contributed by atoms with Crippen molar-refractivity contribution in [3.63, 3.8) is 0 Å². The molecule has 29 heavy (non-hydrogen) atoms. The van der Waals surface area contributed by atoms with Gasteiger partial charge in [-0.3, -0.25) is 9.78 Å². The largest absolute Gasteiger partial charge is 0.483 e. The number of carbonyl (C=O) groups excluding carboxylic acids is 1. The summed E-state index contributed by atoms with van der Waals surface area (Å²) in [6.45, 7) is 0.840. The molecule has 4 aliphatic rings. The topological polar surface area (TPSA) is 97.8 Å². The van der Waals surface area contributed by atoms with Gasteiger partial charge in [0.25, 0.3) is 5.91 Å². The molecule has 0 spiro atoms. The van der Waals surface area contributed by atoms with E-state index in [0.29, 0.717) is 25.5 Å². The fraction of sp³-hybridized carbons (Fsp3) is 0.700. The van der Waals surface area contributed by atoms with Crippen molar-refractivity contribution in [2.45, 2.75) is 62.6 Å². The Hall–Kier alpha value is -1.71. The number of piperidine rings is 1. The van der Waals surface area contributed by atoms with E-state index in [9.17, 15) is 13.2 Å². The van der Waals surface area contributed by atoms with Crippen LogP contribution in [0.25, 0.3) is 0 Å². The number of carbonyl (C=O) groups is 1. The van der Waals surface area contributed by atoms with Crippen LogP contribution in [-0.4, -0.2) is 68.4 Å². The second kappa shape index (κ2) is 8.57. The van der Waals surface area contributed by atoms with E-state index in [4.69, 9.17) is 9.47 Å². The highest BCUT2D eigenvalue weighted by Gasteiger charge is 2.37. The Morgan fingerprint density at radius 3 is 2.76 bits per heavy atom. The van der Waals surface area contributed by atoms with E-state index >= 15 is 0 Å². The molecule has 1 aromatic heterocycles. The Bertz CT molecular complexity index is 838. The maximum absolute atomic E-state index is 13.0. The van der Waals surface area contributed by atoms with Crippen LogP contribution in [-0.2, 0) is 19.6 Å². The summed E-state index contributed by atoms with van der Waals surface area (Å²) in [5, 5.41) is 0. The van der Waals surface area contributed by atoms with E-state index in [1.807, 2.05) is 12.3 Å². The molecule has 5 rings (SSSR count). The lowest BCUT2D eigenvalue weighted by Crippen LogP contribution is -2.59. The quantitative estimate of drug-likeness (QED) is 0.773. The number of aromatic nitrogens is 1. The molecule has 1 aromatic rings. The molecule has 1 saturated heterocycles. The average molecular weight is 424 g/mol. The van der Waals surface area contributed by atoms with E-state index in [1.165, 1.54) is 0 Å². The van der Waals surface area contributed by atoms with Crippen molar-refractivity contribution in [2.75, 3.05) is 26.0 Å². The summed E-state index contributed by atoms with van der Waals surface area (Å²) in [6, 6.07) is 1.15. The zero-order valence-electron chi connectivity index (χ0n) is 16.7. The van der Waals surface area contributed by atoms with Gasteiger partial charge in [0.15, 0.2) is 6.61 Å². The van der Waals surface area contributed by atoms with Gasteiger partial charge in [-0.05, 0) is 50.5 Å². The number of rotatable bonds is 2. The normalized spacial score (nSPS) is 30.9. The molecule has 2 fully saturated rings. The molecule has 1 aliphatic carbocycles. The minimum Gasteiger partial charge on any atom is -0.483 e. The molecule has 9 heteroatoms. The monoisotopic (exact) mass is 423 g/mol. The lowest BCUT2D eigenvalue weighted by atomic mass is 9.83. The van der Waals surface area contributed by atoms with Crippen LogP contribution in [0, 0.1) is 0 Å². The van der Waals surface area contributed by atoms with Gasteiger partial charge < -0.3 is 14.4 Å². The number of amides is 1. The zero-order chi connectivity index (χ0) is 20.4. The first-order valence-electron chi connectivity index (χ1n) is 10.4. The Morgan fingerprint density at radius 2 is 2.00 bits per heavy atom. The second-order valence-corrected chi connectivity index (χ2v) is 10.1. The molecule has 1 saturated carbocycles. The highest BCUT2D eigenvalue weighted by atomic mass is 32.2. The molecular formula is C20H29N3O5S. The summed E-state index contributed by atoms with van der Waals surface area (Å²) in [5.41, 5.74) is 1.06. The molecule has 1 N–H and O–H groups in total. The Morgan fingerprint density at radius 1 is 1.21 bits per heavy atom. The number of sulfonamides is 1. The number of pyridine rings is 1. The predicted octanol–water partition coefficient (Wildman–Crippen LogP) is 1.43. The van der Waals surface area contributed by atoms with Crippen LogP contribution >= 0.6 is 0 Å². The lowest BCUT2D eigenvalue weighted by Gasteiger charge is -2.41. The number of fused-ring (bicyclic) bond motifs is 5. The highest BCUT2D eigenvalue weighted by Crippen LogP contribution is 2.38. The first kappa shape index (κ1) is 20.6. The van der Waals surface area contributed by atoms with Crippen LogP contribution in [0.3, 0.4) is 0 Å². The maximum Gasteiger partial charge on any atom is 0.260 e. The standard InChI is InChI=1S/C20H29N3O5S/c1-29(25,26)22-17-3-2-10-23-18(17)12-27-15-6-4-14(5-7-15)16-11-21-9-8-19(16)28-13-20(23)24/h8-9,11,14-15,17-18,22H,2-7,10,12-13H2,1H3/t14-,15+,17-,18-/m0/s1. The molecule has 3 aliphatic heterocycles.